The van der Waals surface area contributed by atoms with Gasteiger partial charge in [0.25, 0.3) is 0 Å². The van der Waals surface area contributed by atoms with Crippen LogP contribution in [0.4, 0.5) is 0 Å². The normalized spacial score (nSPS) is 11.3. The molecule has 1 aliphatic carbocycles. The lowest BCUT2D eigenvalue weighted by Crippen LogP contribution is -3.00. The van der Waals surface area contributed by atoms with Gasteiger partial charge in [-0.3, -0.25) is 0 Å². The monoisotopic (exact) mass is 307 g/mol. The second-order valence-corrected chi connectivity index (χ2v) is 5.24. The lowest BCUT2D eigenvalue weighted by atomic mass is 10.1. The molecule has 3 heteroatoms. The van der Waals surface area contributed by atoms with Gasteiger partial charge in [-0.05, 0) is 29.3 Å². The second-order valence-electron chi connectivity index (χ2n) is 5.24. The minimum atomic E-state index is 0. The number of carbonyl (C=O) groups is 1. The summed E-state index contributed by atoms with van der Waals surface area (Å²) in [6, 6.07) is 21.8. The lowest BCUT2D eigenvalue weighted by Gasteiger charge is -2.01. The second kappa shape index (κ2) is 5.74. The van der Waals surface area contributed by atoms with Crippen molar-refractivity contribution in [2.75, 3.05) is 0 Å². The zero-order valence-corrected chi connectivity index (χ0v) is 12.6. The fourth-order valence-electron chi connectivity index (χ4n) is 2.99. The predicted octanol–water partition coefficient (Wildman–Crippen LogP) is 0.238. The fourth-order valence-corrected chi connectivity index (χ4v) is 2.99. The van der Waals surface area contributed by atoms with Crippen LogP contribution in [0.25, 0.3) is 11.1 Å². The molecule has 0 spiro atoms. The number of hydrogen-bond acceptors (Lipinski definition) is 1. The molecule has 22 heavy (non-hydrogen) atoms. The van der Waals surface area contributed by atoms with Gasteiger partial charge in [0.1, 0.15) is 0 Å². The zero-order valence-electron chi connectivity index (χ0n) is 11.9. The number of aromatic nitrogens is 1. The van der Waals surface area contributed by atoms with Gasteiger partial charge >= 0.3 is 5.91 Å². The summed E-state index contributed by atoms with van der Waals surface area (Å²) in [5, 5.41) is 0. The Morgan fingerprint density at radius 1 is 0.818 bits per heavy atom. The van der Waals surface area contributed by atoms with Crippen molar-refractivity contribution in [2.45, 2.75) is 6.42 Å². The molecular weight excluding hydrogens is 294 g/mol. The van der Waals surface area contributed by atoms with Crippen LogP contribution in [-0.4, -0.2) is 5.91 Å². The maximum Gasteiger partial charge on any atom is 0.424 e. The molecule has 1 aliphatic rings. The van der Waals surface area contributed by atoms with Crippen LogP contribution >= 0.6 is 0 Å². The summed E-state index contributed by atoms with van der Waals surface area (Å²) in [5.74, 6) is 0.0280. The third-order valence-electron chi connectivity index (χ3n) is 4.00. The average Bonchev–Trinajstić information content (AvgIpc) is 2.94. The van der Waals surface area contributed by atoms with Crippen LogP contribution < -0.4 is 17.0 Å². The largest absolute Gasteiger partial charge is 1.00 e. The van der Waals surface area contributed by atoms with Gasteiger partial charge in [-0.15, -0.1) is 4.57 Å². The highest BCUT2D eigenvalue weighted by molar-refractivity contribution is 5.88. The summed E-state index contributed by atoms with van der Waals surface area (Å²) in [6.07, 6.45) is 2.67. The van der Waals surface area contributed by atoms with Gasteiger partial charge < -0.3 is 12.4 Å². The first kappa shape index (κ1) is 14.5. The molecule has 1 aromatic heterocycles. The molecular formula is C19H14ClNO. The Morgan fingerprint density at radius 3 is 2.32 bits per heavy atom. The number of rotatable bonds is 1. The molecule has 0 atom stereocenters. The van der Waals surface area contributed by atoms with Crippen LogP contribution in [0.2, 0.25) is 0 Å². The molecule has 0 bridgehead atoms. The molecule has 0 radical (unpaired) electrons. The number of benzene rings is 2. The number of nitrogens with zero attached hydrogens (tertiary/aromatic N) is 1. The number of pyridine rings is 1. The molecule has 0 fully saturated rings. The molecule has 0 N–H and O–H groups in total. The third kappa shape index (κ3) is 2.22. The first-order valence-electron chi connectivity index (χ1n) is 7.06. The van der Waals surface area contributed by atoms with Gasteiger partial charge in [-0.1, -0.05) is 42.5 Å². The molecule has 0 amide bonds. The number of carbonyl (C=O) groups excluding carboxylic acids is 1. The summed E-state index contributed by atoms with van der Waals surface area (Å²) in [4.78, 5) is 12.7. The summed E-state index contributed by atoms with van der Waals surface area (Å²) in [5.41, 5.74) is 5.48. The maximum absolute atomic E-state index is 12.7. The van der Waals surface area contributed by atoms with Crippen LogP contribution in [0.5, 0.6) is 0 Å². The first-order valence-corrected chi connectivity index (χ1v) is 7.06. The smallest absolute Gasteiger partial charge is 0.424 e. The molecule has 2 nitrogen and oxygen atoms in total. The molecule has 0 saturated carbocycles. The van der Waals surface area contributed by atoms with E-state index in [1.165, 1.54) is 11.1 Å². The minimum absolute atomic E-state index is 0. The van der Waals surface area contributed by atoms with E-state index in [0.29, 0.717) is 5.56 Å². The fraction of sp³-hybridized carbons (Fsp3) is 0.0526. The van der Waals surface area contributed by atoms with Crippen molar-refractivity contribution in [3.05, 3.63) is 89.7 Å². The Bertz CT molecular complexity index is 843. The van der Waals surface area contributed by atoms with E-state index >= 15 is 0 Å². The van der Waals surface area contributed by atoms with Crippen LogP contribution in [-0.2, 0) is 6.42 Å². The van der Waals surface area contributed by atoms with Crippen LogP contribution in [0.3, 0.4) is 0 Å². The topological polar surface area (TPSA) is 20.9 Å². The first-order chi connectivity index (χ1) is 10.3. The lowest BCUT2D eigenvalue weighted by molar-refractivity contribution is -0.578. The molecule has 0 unspecified atom stereocenters. The highest BCUT2D eigenvalue weighted by Gasteiger charge is 2.30. The number of fused-ring (bicyclic) bond motifs is 3. The Balaban J connectivity index is 0.00000144. The van der Waals surface area contributed by atoms with E-state index in [1.807, 2.05) is 54.7 Å². The maximum atomic E-state index is 12.7. The SMILES string of the molecule is O=C(c1ccccc1)[n+]1cccc2c1Cc1ccccc1-2.[Cl-]. The van der Waals surface area contributed by atoms with Gasteiger partial charge in [-0.2, -0.15) is 0 Å². The van der Waals surface area contributed by atoms with Crippen molar-refractivity contribution in [3.8, 4) is 11.1 Å². The van der Waals surface area contributed by atoms with Crippen molar-refractivity contribution in [1.82, 2.24) is 0 Å². The number of hydrogen-bond donors (Lipinski definition) is 0. The van der Waals surface area contributed by atoms with Crippen LogP contribution in [0, 0.1) is 0 Å². The number of halogens is 1. The Morgan fingerprint density at radius 2 is 1.50 bits per heavy atom. The molecule has 1 heterocycles. The van der Waals surface area contributed by atoms with Crippen molar-refractivity contribution < 1.29 is 21.8 Å². The molecule has 3 aromatic rings. The van der Waals surface area contributed by atoms with E-state index in [2.05, 4.69) is 18.2 Å². The average molecular weight is 308 g/mol. The van der Waals surface area contributed by atoms with E-state index in [4.69, 9.17) is 0 Å². The van der Waals surface area contributed by atoms with Gasteiger partial charge in [-0.25, -0.2) is 4.79 Å². The molecule has 0 saturated heterocycles. The van der Waals surface area contributed by atoms with Crippen molar-refractivity contribution in [3.63, 3.8) is 0 Å². The van der Waals surface area contributed by atoms with Crippen LogP contribution in [0.1, 0.15) is 21.6 Å². The Labute approximate surface area is 135 Å². The van der Waals surface area contributed by atoms with Gasteiger partial charge in [0.05, 0.1) is 17.5 Å². The summed E-state index contributed by atoms with van der Waals surface area (Å²) in [6.45, 7) is 0. The molecule has 108 valence electrons. The summed E-state index contributed by atoms with van der Waals surface area (Å²) in [7, 11) is 0. The van der Waals surface area contributed by atoms with E-state index in [0.717, 1.165) is 17.7 Å². The minimum Gasteiger partial charge on any atom is -1.00 e. The van der Waals surface area contributed by atoms with Crippen LogP contribution in [0.15, 0.2) is 72.9 Å². The zero-order chi connectivity index (χ0) is 14.2. The summed E-state index contributed by atoms with van der Waals surface area (Å²) >= 11 is 0. The van der Waals surface area contributed by atoms with Crippen molar-refractivity contribution in [2.24, 2.45) is 0 Å². The van der Waals surface area contributed by atoms with Gasteiger partial charge in [0.15, 0.2) is 6.20 Å². The Kier molecular flexibility index (Phi) is 3.78. The standard InChI is InChI=1S/C19H14NO.ClH/c21-19(14-7-2-1-3-8-14)20-12-6-11-17-16-10-5-4-9-15(16)13-18(17)20;/h1-12H,13H2;1H/q+1;/p-1. The van der Waals surface area contributed by atoms with E-state index in [-0.39, 0.29) is 18.3 Å². The predicted molar refractivity (Wildman–Crippen MR) is 81.0 cm³/mol. The van der Waals surface area contributed by atoms with E-state index < -0.39 is 0 Å². The van der Waals surface area contributed by atoms with Gasteiger partial charge in [0, 0.05) is 6.07 Å². The third-order valence-corrected chi connectivity index (χ3v) is 4.00. The molecule has 0 aliphatic heterocycles. The van der Waals surface area contributed by atoms with Gasteiger partial charge in [0.2, 0.25) is 5.69 Å². The van der Waals surface area contributed by atoms with Crippen molar-refractivity contribution in [1.29, 1.82) is 0 Å². The highest BCUT2D eigenvalue weighted by Crippen LogP contribution is 2.34. The Hall–Kier alpha value is -2.45. The quantitative estimate of drug-likeness (QED) is 0.462. The molecule has 4 rings (SSSR count). The van der Waals surface area contributed by atoms with E-state index in [9.17, 15) is 4.79 Å². The summed E-state index contributed by atoms with van der Waals surface area (Å²) < 4.78 is 1.78. The highest BCUT2D eigenvalue weighted by atomic mass is 35.5. The van der Waals surface area contributed by atoms with Crippen molar-refractivity contribution >= 4 is 5.91 Å². The molecule has 2 aromatic carbocycles. The van der Waals surface area contributed by atoms with E-state index in [1.54, 1.807) is 4.57 Å².